The highest BCUT2D eigenvalue weighted by Crippen LogP contribution is 2.25. The summed E-state index contributed by atoms with van der Waals surface area (Å²) in [7, 11) is 0. The van der Waals surface area contributed by atoms with Gasteiger partial charge in [0.15, 0.2) is 0 Å². The average molecular weight is 564 g/mol. The molecule has 0 saturated carbocycles. The van der Waals surface area contributed by atoms with Gasteiger partial charge in [0.2, 0.25) is 11.8 Å². The molecule has 4 nitrogen and oxygen atoms in total. The SMILES string of the molecule is CCCNC(=O)[C@H](Cc1ccccc1)N(Cc1ccc(Cl)cc1)C(=O)CSCc1ccc(Cl)c(Cl)c1. The third-order valence-corrected chi connectivity index (χ3v) is 7.54. The van der Waals surface area contributed by atoms with E-state index < -0.39 is 6.04 Å². The number of halogens is 3. The number of thioether (sulfide) groups is 1. The first-order valence-electron chi connectivity index (χ1n) is 11.7. The minimum Gasteiger partial charge on any atom is -0.354 e. The molecule has 36 heavy (non-hydrogen) atoms. The Kier molecular flexibility index (Phi) is 11.5. The first-order chi connectivity index (χ1) is 17.4. The molecule has 0 aliphatic heterocycles. The van der Waals surface area contributed by atoms with Gasteiger partial charge in [-0.1, -0.05) is 90.3 Å². The van der Waals surface area contributed by atoms with Crippen molar-refractivity contribution in [2.75, 3.05) is 12.3 Å². The van der Waals surface area contributed by atoms with Crippen molar-refractivity contribution in [3.63, 3.8) is 0 Å². The lowest BCUT2D eigenvalue weighted by Gasteiger charge is -2.31. The van der Waals surface area contributed by atoms with E-state index in [4.69, 9.17) is 34.8 Å². The van der Waals surface area contributed by atoms with Gasteiger partial charge in [-0.15, -0.1) is 11.8 Å². The lowest BCUT2D eigenvalue weighted by Crippen LogP contribution is -2.51. The summed E-state index contributed by atoms with van der Waals surface area (Å²) < 4.78 is 0. The summed E-state index contributed by atoms with van der Waals surface area (Å²) in [6.45, 7) is 2.86. The molecule has 190 valence electrons. The van der Waals surface area contributed by atoms with E-state index in [0.717, 1.165) is 23.1 Å². The molecule has 0 aliphatic rings. The van der Waals surface area contributed by atoms with E-state index in [2.05, 4.69) is 5.32 Å². The summed E-state index contributed by atoms with van der Waals surface area (Å²) in [6, 6.07) is 21.9. The summed E-state index contributed by atoms with van der Waals surface area (Å²) in [5.74, 6) is 0.559. The number of carbonyl (C=O) groups excluding carboxylic acids is 2. The van der Waals surface area contributed by atoms with Crippen LogP contribution in [-0.2, 0) is 28.3 Å². The van der Waals surface area contributed by atoms with Gasteiger partial charge in [0.05, 0.1) is 15.8 Å². The van der Waals surface area contributed by atoms with Crippen LogP contribution in [0.2, 0.25) is 15.1 Å². The number of nitrogens with one attached hydrogen (secondary N) is 1. The Morgan fingerprint density at radius 2 is 1.58 bits per heavy atom. The second kappa shape index (κ2) is 14.5. The second-order valence-electron chi connectivity index (χ2n) is 8.39. The van der Waals surface area contributed by atoms with Crippen molar-refractivity contribution in [2.45, 2.75) is 38.1 Å². The van der Waals surface area contributed by atoms with Crippen LogP contribution in [0.4, 0.5) is 0 Å². The predicted molar refractivity (Wildman–Crippen MR) is 152 cm³/mol. The number of nitrogens with zero attached hydrogens (tertiary/aromatic N) is 1. The Bertz CT molecular complexity index is 1140. The maximum atomic E-state index is 13.6. The molecular weight excluding hydrogens is 535 g/mol. The molecule has 1 atom stereocenters. The molecule has 0 saturated heterocycles. The second-order valence-corrected chi connectivity index (χ2v) is 10.6. The average Bonchev–Trinajstić information content (AvgIpc) is 2.88. The van der Waals surface area contributed by atoms with E-state index in [9.17, 15) is 9.59 Å². The summed E-state index contributed by atoms with van der Waals surface area (Å²) in [6.07, 6.45) is 1.24. The smallest absolute Gasteiger partial charge is 0.243 e. The van der Waals surface area contributed by atoms with E-state index in [1.165, 1.54) is 11.8 Å². The predicted octanol–water partition coefficient (Wildman–Crippen LogP) is 7.05. The third-order valence-electron chi connectivity index (χ3n) is 5.56. The van der Waals surface area contributed by atoms with Crippen LogP contribution >= 0.6 is 46.6 Å². The number of hydrogen-bond acceptors (Lipinski definition) is 3. The summed E-state index contributed by atoms with van der Waals surface area (Å²) in [5, 5.41) is 4.59. The number of rotatable bonds is 12. The lowest BCUT2D eigenvalue weighted by molar-refractivity contribution is -0.139. The van der Waals surface area contributed by atoms with E-state index in [1.54, 1.807) is 23.1 Å². The highest BCUT2D eigenvalue weighted by molar-refractivity contribution is 7.99. The van der Waals surface area contributed by atoms with Crippen molar-refractivity contribution in [3.8, 4) is 0 Å². The molecule has 3 rings (SSSR count). The fraction of sp³-hybridized carbons (Fsp3) is 0.286. The van der Waals surface area contributed by atoms with Crippen LogP contribution in [0.15, 0.2) is 72.8 Å². The molecule has 8 heteroatoms. The Labute approximate surface area is 232 Å². The van der Waals surface area contributed by atoms with Gasteiger partial charge in [0.1, 0.15) is 6.04 Å². The Balaban J connectivity index is 1.82. The number of benzene rings is 3. The normalized spacial score (nSPS) is 11.7. The molecule has 3 aromatic carbocycles. The number of amides is 2. The lowest BCUT2D eigenvalue weighted by atomic mass is 10.0. The van der Waals surface area contributed by atoms with E-state index >= 15 is 0 Å². The topological polar surface area (TPSA) is 49.4 Å². The van der Waals surface area contributed by atoms with Crippen LogP contribution in [0, 0.1) is 0 Å². The van der Waals surface area contributed by atoms with Gasteiger partial charge < -0.3 is 10.2 Å². The van der Waals surface area contributed by atoms with Crippen molar-refractivity contribution < 1.29 is 9.59 Å². The van der Waals surface area contributed by atoms with Gasteiger partial charge in [0, 0.05) is 30.3 Å². The van der Waals surface area contributed by atoms with E-state index in [0.29, 0.717) is 40.3 Å². The zero-order valence-electron chi connectivity index (χ0n) is 20.1. The van der Waals surface area contributed by atoms with Crippen molar-refractivity contribution in [1.82, 2.24) is 10.2 Å². The quantitative estimate of drug-likeness (QED) is 0.257. The van der Waals surface area contributed by atoms with Crippen molar-refractivity contribution in [1.29, 1.82) is 0 Å². The minimum atomic E-state index is -0.646. The van der Waals surface area contributed by atoms with Crippen LogP contribution < -0.4 is 5.32 Å². The third kappa shape index (κ3) is 8.74. The van der Waals surface area contributed by atoms with Gasteiger partial charge in [-0.2, -0.15) is 0 Å². The van der Waals surface area contributed by atoms with Crippen molar-refractivity contribution >= 4 is 58.4 Å². The number of hydrogen-bond donors (Lipinski definition) is 1. The zero-order valence-corrected chi connectivity index (χ0v) is 23.1. The van der Waals surface area contributed by atoms with Crippen LogP contribution in [0.1, 0.15) is 30.0 Å². The molecule has 0 fully saturated rings. The molecule has 0 radical (unpaired) electrons. The highest BCUT2D eigenvalue weighted by Gasteiger charge is 2.30. The molecule has 3 aromatic rings. The first-order valence-corrected chi connectivity index (χ1v) is 14.0. The van der Waals surface area contributed by atoms with Gasteiger partial charge in [-0.05, 0) is 47.4 Å². The van der Waals surface area contributed by atoms with Crippen LogP contribution in [-0.4, -0.2) is 35.1 Å². The molecule has 0 bridgehead atoms. The summed E-state index contributed by atoms with van der Waals surface area (Å²) >= 11 is 19.7. The van der Waals surface area contributed by atoms with Gasteiger partial charge in [0.25, 0.3) is 0 Å². The standard InChI is InChI=1S/C28H29Cl3N2O2S/c1-2-14-32-28(35)26(16-20-6-4-3-5-7-20)33(17-21-8-11-23(29)12-9-21)27(34)19-36-18-22-10-13-24(30)25(31)15-22/h3-13,15,26H,2,14,16-19H2,1H3,(H,32,35)/t26-/m0/s1. The van der Waals surface area contributed by atoms with Crippen LogP contribution in [0.5, 0.6) is 0 Å². The van der Waals surface area contributed by atoms with Crippen molar-refractivity contribution in [2.24, 2.45) is 0 Å². The van der Waals surface area contributed by atoms with E-state index in [-0.39, 0.29) is 17.6 Å². The minimum absolute atomic E-state index is 0.109. The van der Waals surface area contributed by atoms with Crippen molar-refractivity contribution in [3.05, 3.63) is 105 Å². The Morgan fingerprint density at radius 1 is 0.889 bits per heavy atom. The zero-order chi connectivity index (χ0) is 25.9. The molecule has 0 heterocycles. The summed E-state index contributed by atoms with van der Waals surface area (Å²) in [5.41, 5.74) is 2.88. The Hall–Kier alpha value is -2.18. The largest absolute Gasteiger partial charge is 0.354 e. The maximum Gasteiger partial charge on any atom is 0.243 e. The molecular formula is C28H29Cl3N2O2S. The molecule has 1 N–H and O–H groups in total. The maximum absolute atomic E-state index is 13.6. The molecule has 0 aliphatic carbocycles. The fourth-order valence-electron chi connectivity index (χ4n) is 3.68. The molecule has 0 aromatic heterocycles. The van der Waals surface area contributed by atoms with E-state index in [1.807, 2.05) is 61.5 Å². The van der Waals surface area contributed by atoms with Gasteiger partial charge in [-0.3, -0.25) is 9.59 Å². The molecule has 2 amide bonds. The van der Waals surface area contributed by atoms with Crippen LogP contribution in [0.3, 0.4) is 0 Å². The Morgan fingerprint density at radius 3 is 2.25 bits per heavy atom. The van der Waals surface area contributed by atoms with Crippen LogP contribution in [0.25, 0.3) is 0 Å². The first kappa shape index (κ1) is 28.4. The number of carbonyl (C=O) groups is 2. The molecule has 0 spiro atoms. The molecule has 0 unspecified atom stereocenters. The fourth-order valence-corrected chi connectivity index (χ4v) is 4.98. The van der Waals surface area contributed by atoms with Gasteiger partial charge in [-0.25, -0.2) is 0 Å². The summed E-state index contributed by atoms with van der Waals surface area (Å²) in [4.78, 5) is 28.6. The van der Waals surface area contributed by atoms with Gasteiger partial charge >= 0.3 is 0 Å². The monoisotopic (exact) mass is 562 g/mol. The highest BCUT2D eigenvalue weighted by atomic mass is 35.5.